The number of hydrogen-bond acceptors (Lipinski definition) is 3. The standard InChI is InChI=1S/C17H19ClN2O2/c1-3-22-17-9-4-14(18)10-13(17)11-19-15-5-7-16(8-6-15)20-12(2)21/h4-10,19H,3,11H2,1-2H3,(H,20,21). The number of carbonyl (C=O) groups is 1. The molecule has 116 valence electrons. The van der Waals surface area contributed by atoms with Crippen molar-refractivity contribution in [2.45, 2.75) is 20.4 Å². The molecule has 0 aromatic heterocycles. The van der Waals surface area contributed by atoms with Gasteiger partial charge in [0.25, 0.3) is 0 Å². The number of benzene rings is 2. The first-order valence-electron chi connectivity index (χ1n) is 7.11. The van der Waals surface area contributed by atoms with Gasteiger partial charge >= 0.3 is 0 Å². The maximum Gasteiger partial charge on any atom is 0.221 e. The number of carbonyl (C=O) groups excluding carboxylic acids is 1. The fraction of sp³-hybridized carbons (Fsp3) is 0.235. The molecule has 0 spiro atoms. The molecule has 4 nitrogen and oxygen atoms in total. The van der Waals surface area contributed by atoms with Crippen LogP contribution in [0.1, 0.15) is 19.4 Å². The Hall–Kier alpha value is -2.20. The Kier molecular flexibility index (Phi) is 5.67. The predicted molar refractivity (Wildman–Crippen MR) is 90.7 cm³/mol. The van der Waals surface area contributed by atoms with Gasteiger partial charge in [-0.3, -0.25) is 4.79 Å². The van der Waals surface area contributed by atoms with E-state index in [-0.39, 0.29) is 5.91 Å². The van der Waals surface area contributed by atoms with Crippen LogP contribution in [0, 0.1) is 0 Å². The van der Waals surface area contributed by atoms with E-state index in [1.54, 1.807) is 0 Å². The summed E-state index contributed by atoms with van der Waals surface area (Å²) >= 11 is 6.04. The SMILES string of the molecule is CCOc1ccc(Cl)cc1CNc1ccc(NC(C)=O)cc1. The second-order valence-corrected chi connectivity index (χ2v) is 5.23. The highest BCUT2D eigenvalue weighted by Crippen LogP contribution is 2.24. The second kappa shape index (κ2) is 7.71. The van der Waals surface area contributed by atoms with Crippen LogP contribution in [0.2, 0.25) is 5.02 Å². The average Bonchev–Trinajstić information content (AvgIpc) is 2.48. The van der Waals surface area contributed by atoms with Crippen molar-refractivity contribution in [3.8, 4) is 5.75 Å². The van der Waals surface area contributed by atoms with Gasteiger partial charge in [0.1, 0.15) is 5.75 Å². The predicted octanol–water partition coefficient (Wildman–Crippen LogP) is 4.31. The fourth-order valence-corrected chi connectivity index (χ4v) is 2.25. The molecular weight excluding hydrogens is 300 g/mol. The maximum absolute atomic E-state index is 11.0. The van der Waals surface area contributed by atoms with Crippen molar-refractivity contribution in [1.29, 1.82) is 0 Å². The van der Waals surface area contributed by atoms with Crippen molar-refractivity contribution in [2.24, 2.45) is 0 Å². The summed E-state index contributed by atoms with van der Waals surface area (Å²) in [4.78, 5) is 11.0. The number of rotatable bonds is 6. The third-order valence-electron chi connectivity index (χ3n) is 3.01. The third kappa shape index (κ3) is 4.67. The Morgan fingerprint density at radius 2 is 1.82 bits per heavy atom. The number of hydrogen-bond donors (Lipinski definition) is 2. The minimum atomic E-state index is -0.0824. The van der Waals surface area contributed by atoms with Gasteiger partial charge in [-0.1, -0.05) is 11.6 Å². The molecule has 5 heteroatoms. The monoisotopic (exact) mass is 318 g/mol. The fourth-order valence-electron chi connectivity index (χ4n) is 2.05. The molecule has 2 N–H and O–H groups in total. The largest absolute Gasteiger partial charge is 0.494 e. The number of nitrogens with one attached hydrogen (secondary N) is 2. The lowest BCUT2D eigenvalue weighted by atomic mass is 10.2. The lowest BCUT2D eigenvalue weighted by molar-refractivity contribution is -0.114. The summed E-state index contributed by atoms with van der Waals surface area (Å²) in [6.45, 7) is 4.66. The number of ether oxygens (including phenoxy) is 1. The first-order chi connectivity index (χ1) is 10.6. The van der Waals surface area contributed by atoms with Gasteiger partial charge in [0.2, 0.25) is 5.91 Å². The first kappa shape index (κ1) is 16.2. The topological polar surface area (TPSA) is 50.4 Å². The van der Waals surface area contributed by atoms with E-state index < -0.39 is 0 Å². The van der Waals surface area contributed by atoms with Crippen LogP contribution in [-0.4, -0.2) is 12.5 Å². The van der Waals surface area contributed by atoms with Crippen molar-refractivity contribution in [3.63, 3.8) is 0 Å². The van der Waals surface area contributed by atoms with Crippen molar-refractivity contribution >= 4 is 28.9 Å². The van der Waals surface area contributed by atoms with Gasteiger partial charge in [0, 0.05) is 35.4 Å². The summed E-state index contributed by atoms with van der Waals surface area (Å²) < 4.78 is 5.60. The zero-order valence-corrected chi connectivity index (χ0v) is 13.4. The van der Waals surface area contributed by atoms with Crippen LogP contribution in [0.3, 0.4) is 0 Å². The third-order valence-corrected chi connectivity index (χ3v) is 3.25. The van der Waals surface area contributed by atoms with Crippen LogP contribution in [0.4, 0.5) is 11.4 Å². The van der Waals surface area contributed by atoms with E-state index in [2.05, 4.69) is 10.6 Å². The Morgan fingerprint density at radius 3 is 2.45 bits per heavy atom. The van der Waals surface area contributed by atoms with Gasteiger partial charge < -0.3 is 15.4 Å². The number of amides is 1. The summed E-state index contributed by atoms with van der Waals surface area (Å²) in [7, 11) is 0. The normalized spacial score (nSPS) is 10.1. The van der Waals surface area contributed by atoms with Crippen LogP contribution in [-0.2, 0) is 11.3 Å². The average molecular weight is 319 g/mol. The van der Waals surface area contributed by atoms with Crippen LogP contribution >= 0.6 is 11.6 Å². The molecule has 2 aromatic rings. The Labute approximate surface area is 135 Å². The van der Waals surface area contributed by atoms with Gasteiger partial charge in [-0.2, -0.15) is 0 Å². The summed E-state index contributed by atoms with van der Waals surface area (Å²) in [6.07, 6.45) is 0. The lowest BCUT2D eigenvalue weighted by Gasteiger charge is -2.12. The van der Waals surface area contributed by atoms with E-state index in [1.165, 1.54) is 6.92 Å². The summed E-state index contributed by atoms with van der Waals surface area (Å²) in [6, 6.07) is 13.1. The van der Waals surface area contributed by atoms with E-state index in [0.29, 0.717) is 18.2 Å². The lowest BCUT2D eigenvalue weighted by Crippen LogP contribution is -2.06. The molecule has 0 heterocycles. The van der Waals surface area contributed by atoms with Crippen LogP contribution in [0.5, 0.6) is 5.75 Å². The maximum atomic E-state index is 11.0. The molecule has 2 aromatic carbocycles. The summed E-state index contributed by atoms with van der Waals surface area (Å²) in [5.74, 6) is 0.746. The Morgan fingerprint density at radius 1 is 1.14 bits per heavy atom. The second-order valence-electron chi connectivity index (χ2n) is 4.80. The van der Waals surface area contributed by atoms with Gasteiger partial charge in [-0.25, -0.2) is 0 Å². The molecule has 2 rings (SSSR count). The van der Waals surface area contributed by atoms with E-state index in [4.69, 9.17) is 16.3 Å². The molecule has 22 heavy (non-hydrogen) atoms. The van der Waals surface area contributed by atoms with Crippen molar-refractivity contribution < 1.29 is 9.53 Å². The highest BCUT2D eigenvalue weighted by Gasteiger charge is 2.05. The van der Waals surface area contributed by atoms with E-state index >= 15 is 0 Å². The zero-order valence-electron chi connectivity index (χ0n) is 12.7. The molecule has 0 fully saturated rings. The molecule has 0 bridgehead atoms. The quantitative estimate of drug-likeness (QED) is 0.834. The summed E-state index contributed by atoms with van der Waals surface area (Å²) in [5, 5.41) is 6.73. The molecule has 0 saturated heterocycles. The van der Waals surface area contributed by atoms with Gasteiger partial charge in [-0.05, 0) is 49.4 Å². The minimum Gasteiger partial charge on any atom is -0.494 e. The molecule has 0 aliphatic rings. The summed E-state index contributed by atoms with van der Waals surface area (Å²) in [5.41, 5.74) is 2.73. The van der Waals surface area contributed by atoms with Crippen molar-refractivity contribution in [1.82, 2.24) is 0 Å². The van der Waals surface area contributed by atoms with Crippen LogP contribution < -0.4 is 15.4 Å². The Bertz CT molecular complexity index is 642. The smallest absolute Gasteiger partial charge is 0.221 e. The van der Waals surface area contributed by atoms with E-state index in [9.17, 15) is 4.79 Å². The van der Waals surface area contributed by atoms with Gasteiger partial charge in [-0.15, -0.1) is 0 Å². The van der Waals surface area contributed by atoms with Crippen LogP contribution in [0.15, 0.2) is 42.5 Å². The first-order valence-corrected chi connectivity index (χ1v) is 7.49. The molecular formula is C17H19ClN2O2. The van der Waals surface area contributed by atoms with E-state index in [0.717, 1.165) is 22.7 Å². The molecule has 0 atom stereocenters. The highest BCUT2D eigenvalue weighted by atomic mass is 35.5. The molecule has 0 radical (unpaired) electrons. The number of anilines is 2. The molecule has 0 aliphatic carbocycles. The van der Waals surface area contributed by atoms with Crippen LogP contribution in [0.25, 0.3) is 0 Å². The zero-order chi connectivity index (χ0) is 15.9. The van der Waals surface area contributed by atoms with Crippen molar-refractivity contribution in [3.05, 3.63) is 53.1 Å². The minimum absolute atomic E-state index is 0.0824. The highest BCUT2D eigenvalue weighted by molar-refractivity contribution is 6.30. The molecule has 1 amide bonds. The van der Waals surface area contributed by atoms with E-state index in [1.807, 2.05) is 49.4 Å². The van der Waals surface area contributed by atoms with Crippen molar-refractivity contribution in [2.75, 3.05) is 17.2 Å². The molecule has 0 unspecified atom stereocenters. The molecule has 0 saturated carbocycles. The number of halogens is 1. The molecule has 0 aliphatic heterocycles. The van der Waals surface area contributed by atoms with Gasteiger partial charge in [0.05, 0.1) is 6.61 Å². The van der Waals surface area contributed by atoms with Gasteiger partial charge in [0.15, 0.2) is 0 Å². The Balaban J connectivity index is 2.03.